The van der Waals surface area contributed by atoms with Gasteiger partial charge in [-0.25, -0.2) is 13.2 Å². The zero-order chi connectivity index (χ0) is 20.9. The maximum atomic E-state index is 13.2. The van der Waals surface area contributed by atoms with Crippen LogP contribution >= 0.6 is 0 Å². The van der Waals surface area contributed by atoms with E-state index in [2.05, 4.69) is 16.0 Å². The number of benzene rings is 4. The van der Waals surface area contributed by atoms with Crippen molar-refractivity contribution >= 4 is 34.1 Å². The van der Waals surface area contributed by atoms with E-state index >= 15 is 0 Å². The van der Waals surface area contributed by atoms with Crippen molar-refractivity contribution in [2.45, 2.75) is 0 Å². The van der Waals surface area contributed by atoms with Gasteiger partial charge in [-0.2, -0.15) is 0 Å². The number of hydrogen-bond donors (Lipinski definition) is 3. The van der Waals surface area contributed by atoms with Crippen molar-refractivity contribution < 1.29 is 13.2 Å². The maximum Gasteiger partial charge on any atom is 0.123 e. The molecule has 0 spiro atoms. The number of halogens is 3. The molecule has 3 nitrogen and oxygen atoms in total. The molecule has 0 fully saturated rings. The fraction of sp³-hybridized carbons (Fsp3) is 0. The molecule has 6 heteroatoms. The molecule has 30 heavy (non-hydrogen) atoms. The van der Waals surface area contributed by atoms with Crippen LogP contribution in [0.1, 0.15) is 0 Å². The molecular formula is C24H18F3N3. The second-order valence-corrected chi connectivity index (χ2v) is 6.69. The Morgan fingerprint density at radius 1 is 0.333 bits per heavy atom. The normalized spacial score (nSPS) is 10.5. The van der Waals surface area contributed by atoms with E-state index in [4.69, 9.17) is 0 Å². The Labute approximate surface area is 172 Å². The molecule has 150 valence electrons. The summed E-state index contributed by atoms with van der Waals surface area (Å²) in [6, 6.07) is 23.7. The summed E-state index contributed by atoms with van der Waals surface area (Å²) in [5.74, 6) is -0.942. The lowest BCUT2D eigenvalue weighted by atomic mass is 10.2. The Morgan fingerprint density at radius 2 is 0.567 bits per heavy atom. The molecule has 4 aromatic rings. The highest BCUT2D eigenvalue weighted by atomic mass is 19.1. The molecule has 4 rings (SSSR count). The second kappa shape index (κ2) is 8.61. The van der Waals surface area contributed by atoms with Crippen LogP contribution in [0.15, 0.2) is 91.0 Å². The van der Waals surface area contributed by atoms with Gasteiger partial charge >= 0.3 is 0 Å². The quantitative estimate of drug-likeness (QED) is 0.314. The minimum atomic E-state index is -0.314. The summed E-state index contributed by atoms with van der Waals surface area (Å²) in [6.07, 6.45) is 0. The van der Waals surface area contributed by atoms with Crippen LogP contribution in [-0.4, -0.2) is 0 Å². The number of rotatable bonds is 6. The van der Waals surface area contributed by atoms with E-state index in [0.717, 1.165) is 34.1 Å². The highest BCUT2D eigenvalue weighted by Gasteiger charge is 2.05. The zero-order valence-corrected chi connectivity index (χ0v) is 15.8. The second-order valence-electron chi connectivity index (χ2n) is 6.69. The summed E-state index contributed by atoms with van der Waals surface area (Å²) in [7, 11) is 0. The van der Waals surface area contributed by atoms with Crippen molar-refractivity contribution in [2.24, 2.45) is 0 Å². The van der Waals surface area contributed by atoms with Crippen LogP contribution in [0.2, 0.25) is 0 Å². The van der Waals surface area contributed by atoms with Gasteiger partial charge in [0.25, 0.3) is 0 Å². The fourth-order valence-corrected chi connectivity index (χ4v) is 2.94. The highest BCUT2D eigenvalue weighted by molar-refractivity contribution is 5.76. The molecule has 0 aliphatic rings. The molecule has 0 saturated heterocycles. The van der Waals surface area contributed by atoms with Gasteiger partial charge in [0, 0.05) is 34.1 Å². The summed E-state index contributed by atoms with van der Waals surface area (Å²) in [6.45, 7) is 0. The molecule has 0 aliphatic carbocycles. The average molecular weight is 405 g/mol. The lowest BCUT2D eigenvalue weighted by molar-refractivity contribution is 0.627. The van der Waals surface area contributed by atoms with Crippen molar-refractivity contribution in [3.05, 3.63) is 108 Å². The van der Waals surface area contributed by atoms with Gasteiger partial charge in [0.15, 0.2) is 0 Å². The van der Waals surface area contributed by atoms with Gasteiger partial charge in [-0.1, -0.05) is 0 Å². The van der Waals surface area contributed by atoms with Gasteiger partial charge in [0.05, 0.1) is 0 Å². The Bertz CT molecular complexity index is 967. The molecule has 0 bridgehead atoms. The largest absolute Gasteiger partial charge is 0.355 e. The van der Waals surface area contributed by atoms with Gasteiger partial charge in [-0.15, -0.1) is 0 Å². The molecular weight excluding hydrogens is 387 g/mol. The summed E-state index contributed by atoms with van der Waals surface area (Å²) in [5, 5.41) is 9.71. The zero-order valence-electron chi connectivity index (χ0n) is 15.8. The number of anilines is 6. The molecule has 3 N–H and O–H groups in total. The predicted octanol–water partition coefficient (Wildman–Crippen LogP) is 7.33. The molecule has 0 aromatic heterocycles. The van der Waals surface area contributed by atoms with Crippen LogP contribution in [-0.2, 0) is 0 Å². The molecule has 0 saturated carbocycles. The van der Waals surface area contributed by atoms with Crippen molar-refractivity contribution in [1.82, 2.24) is 0 Å². The predicted molar refractivity (Wildman–Crippen MR) is 115 cm³/mol. The SMILES string of the molecule is Fc1ccc(Nc2cc(Nc3ccc(F)cc3)cc(Nc3ccc(F)cc3)c2)cc1. The van der Waals surface area contributed by atoms with E-state index in [1.54, 1.807) is 36.4 Å². The molecule has 0 unspecified atom stereocenters. The van der Waals surface area contributed by atoms with Crippen molar-refractivity contribution in [2.75, 3.05) is 16.0 Å². The van der Waals surface area contributed by atoms with Crippen molar-refractivity contribution in [1.29, 1.82) is 0 Å². The minimum Gasteiger partial charge on any atom is -0.355 e. The average Bonchev–Trinajstić information content (AvgIpc) is 2.73. The van der Waals surface area contributed by atoms with Crippen LogP contribution < -0.4 is 16.0 Å². The van der Waals surface area contributed by atoms with Crippen LogP contribution in [0.4, 0.5) is 47.3 Å². The van der Waals surface area contributed by atoms with E-state index in [0.29, 0.717) is 0 Å². The first-order valence-corrected chi connectivity index (χ1v) is 9.26. The summed E-state index contributed by atoms with van der Waals surface area (Å²) in [4.78, 5) is 0. The standard InChI is InChI=1S/C24H18F3N3/c25-16-1-7-19(8-2-16)28-22-13-23(29-20-9-3-17(26)4-10-20)15-24(14-22)30-21-11-5-18(27)6-12-21/h1-15,28-30H. The fourth-order valence-electron chi connectivity index (χ4n) is 2.94. The maximum absolute atomic E-state index is 13.2. The Morgan fingerprint density at radius 3 is 0.800 bits per heavy atom. The third kappa shape index (κ3) is 5.11. The number of nitrogens with one attached hydrogen (secondary N) is 3. The third-order valence-electron chi connectivity index (χ3n) is 4.33. The summed E-state index contributed by atoms with van der Waals surface area (Å²) >= 11 is 0. The van der Waals surface area contributed by atoms with E-state index in [-0.39, 0.29) is 17.5 Å². The first-order valence-electron chi connectivity index (χ1n) is 9.26. The van der Waals surface area contributed by atoms with Crippen LogP contribution in [0.5, 0.6) is 0 Å². The van der Waals surface area contributed by atoms with Gasteiger partial charge in [0.2, 0.25) is 0 Å². The molecule has 0 heterocycles. The monoisotopic (exact) mass is 405 g/mol. The molecule has 0 radical (unpaired) electrons. The van der Waals surface area contributed by atoms with Crippen molar-refractivity contribution in [3.63, 3.8) is 0 Å². The smallest absolute Gasteiger partial charge is 0.123 e. The van der Waals surface area contributed by atoms with Crippen molar-refractivity contribution in [3.8, 4) is 0 Å². The Balaban J connectivity index is 1.64. The van der Waals surface area contributed by atoms with Crippen LogP contribution in [0.3, 0.4) is 0 Å². The highest BCUT2D eigenvalue weighted by Crippen LogP contribution is 2.29. The lowest BCUT2D eigenvalue weighted by Crippen LogP contribution is -1.98. The van der Waals surface area contributed by atoms with E-state index in [1.807, 2.05) is 18.2 Å². The molecule has 4 aromatic carbocycles. The minimum absolute atomic E-state index is 0.314. The van der Waals surface area contributed by atoms with Gasteiger partial charge in [-0.05, 0) is 91.0 Å². The molecule has 0 aliphatic heterocycles. The van der Waals surface area contributed by atoms with Gasteiger partial charge in [0.1, 0.15) is 17.5 Å². The summed E-state index contributed by atoms with van der Waals surface area (Å²) in [5.41, 5.74) is 4.42. The first kappa shape index (κ1) is 19.4. The summed E-state index contributed by atoms with van der Waals surface area (Å²) < 4.78 is 39.6. The first-order chi connectivity index (χ1) is 14.5. The van der Waals surface area contributed by atoms with Gasteiger partial charge < -0.3 is 16.0 Å². The van der Waals surface area contributed by atoms with Crippen LogP contribution in [0.25, 0.3) is 0 Å². The van der Waals surface area contributed by atoms with E-state index < -0.39 is 0 Å². The Kier molecular flexibility index (Phi) is 5.57. The van der Waals surface area contributed by atoms with E-state index in [1.165, 1.54) is 36.4 Å². The molecule has 0 atom stereocenters. The lowest BCUT2D eigenvalue weighted by Gasteiger charge is -2.15. The van der Waals surface area contributed by atoms with Crippen LogP contribution in [0, 0.1) is 17.5 Å². The number of hydrogen-bond acceptors (Lipinski definition) is 3. The van der Waals surface area contributed by atoms with E-state index in [9.17, 15) is 13.2 Å². The van der Waals surface area contributed by atoms with Gasteiger partial charge in [-0.3, -0.25) is 0 Å². The third-order valence-corrected chi connectivity index (χ3v) is 4.33. The topological polar surface area (TPSA) is 36.1 Å². The molecule has 0 amide bonds. The Hall–Kier alpha value is -3.93.